The van der Waals surface area contributed by atoms with E-state index >= 15 is 0 Å². The lowest BCUT2D eigenvalue weighted by Crippen LogP contribution is -2.35. The highest BCUT2D eigenvalue weighted by molar-refractivity contribution is 5.79. The van der Waals surface area contributed by atoms with Crippen molar-refractivity contribution < 1.29 is 4.79 Å². The molecule has 1 aromatic heterocycles. The highest BCUT2D eigenvalue weighted by atomic mass is 16.1. The first kappa shape index (κ1) is 10.1. The second kappa shape index (κ2) is 4.43. The third kappa shape index (κ3) is 2.35. The molecule has 1 heterocycles. The van der Waals surface area contributed by atoms with Crippen LogP contribution < -0.4 is 4.90 Å². The zero-order valence-electron chi connectivity index (χ0n) is 9.02. The molecule has 15 heavy (non-hydrogen) atoms. The fourth-order valence-electron chi connectivity index (χ4n) is 2.06. The SMILES string of the molecule is CN(c1ccccn1)C1CCC(=O)CC1. The Morgan fingerprint density at radius 3 is 2.67 bits per heavy atom. The Bertz CT molecular complexity index is 327. The number of ketones is 1. The van der Waals surface area contributed by atoms with Gasteiger partial charge < -0.3 is 4.90 Å². The first-order valence-electron chi connectivity index (χ1n) is 5.43. The van der Waals surface area contributed by atoms with Crippen LogP contribution >= 0.6 is 0 Å². The van der Waals surface area contributed by atoms with Gasteiger partial charge in [0.15, 0.2) is 0 Å². The van der Waals surface area contributed by atoms with Crippen LogP contribution in [0, 0.1) is 0 Å². The number of Topliss-reactive ketones (excluding diaryl/α,β-unsaturated/α-hetero) is 1. The number of carbonyl (C=O) groups excluding carboxylic acids is 1. The quantitative estimate of drug-likeness (QED) is 0.739. The van der Waals surface area contributed by atoms with Crippen LogP contribution in [0.1, 0.15) is 25.7 Å². The Kier molecular flexibility index (Phi) is 2.99. The molecule has 0 amide bonds. The number of aromatic nitrogens is 1. The molecule has 1 saturated carbocycles. The van der Waals surface area contributed by atoms with Gasteiger partial charge in [-0.2, -0.15) is 0 Å². The molecule has 1 fully saturated rings. The summed E-state index contributed by atoms with van der Waals surface area (Å²) < 4.78 is 0. The number of anilines is 1. The highest BCUT2D eigenvalue weighted by Crippen LogP contribution is 2.22. The van der Waals surface area contributed by atoms with Crippen molar-refractivity contribution in [3.8, 4) is 0 Å². The minimum Gasteiger partial charge on any atom is -0.357 e. The van der Waals surface area contributed by atoms with Gasteiger partial charge >= 0.3 is 0 Å². The molecule has 0 aromatic carbocycles. The van der Waals surface area contributed by atoms with E-state index in [0.717, 1.165) is 31.5 Å². The van der Waals surface area contributed by atoms with Crippen LogP contribution in [0.4, 0.5) is 5.82 Å². The molecular weight excluding hydrogens is 188 g/mol. The van der Waals surface area contributed by atoms with E-state index in [-0.39, 0.29) is 0 Å². The van der Waals surface area contributed by atoms with Gasteiger partial charge in [0.2, 0.25) is 0 Å². The smallest absolute Gasteiger partial charge is 0.133 e. The molecule has 0 radical (unpaired) electrons. The molecular formula is C12H16N2O. The van der Waals surface area contributed by atoms with Crippen LogP contribution in [0.3, 0.4) is 0 Å². The van der Waals surface area contributed by atoms with Crippen molar-refractivity contribution in [3.63, 3.8) is 0 Å². The second-order valence-electron chi connectivity index (χ2n) is 4.07. The molecule has 2 rings (SSSR count). The van der Waals surface area contributed by atoms with E-state index in [2.05, 4.69) is 16.9 Å². The molecule has 1 aromatic rings. The lowest BCUT2D eigenvalue weighted by Gasteiger charge is -2.31. The highest BCUT2D eigenvalue weighted by Gasteiger charge is 2.22. The number of pyridine rings is 1. The molecule has 1 aliphatic rings. The second-order valence-corrected chi connectivity index (χ2v) is 4.07. The molecule has 3 heteroatoms. The van der Waals surface area contributed by atoms with E-state index in [0.29, 0.717) is 11.8 Å². The lowest BCUT2D eigenvalue weighted by atomic mass is 9.93. The minimum atomic E-state index is 0.403. The van der Waals surface area contributed by atoms with Crippen LogP contribution in [0.15, 0.2) is 24.4 Å². The zero-order valence-corrected chi connectivity index (χ0v) is 9.02. The van der Waals surface area contributed by atoms with Gasteiger partial charge in [-0.1, -0.05) is 6.07 Å². The molecule has 0 saturated heterocycles. The molecule has 0 atom stereocenters. The molecule has 0 N–H and O–H groups in total. The first-order chi connectivity index (χ1) is 7.27. The summed E-state index contributed by atoms with van der Waals surface area (Å²) in [5.74, 6) is 1.40. The predicted molar refractivity (Wildman–Crippen MR) is 59.9 cm³/mol. The van der Waals surface area contributed by atoms with Gasteiger partial charge in [0, 0.05) is 32.1 Å². The molecule has 0 unspecified atom stereocenters. The van der Waals surface area contributed by atoms with Crippen molar-refractivity contribution >= 4 is 11.6 Å². The summed E-state index contributed by atoms with van der Waals surface area (Å²) in [6.07, 6.45) is 5.18. The van der Waals surface area contributed by atoms with Crippen LogP contribution in [-0.4, -0.2) is 23.9 Å². The molecule has 3 nitrogen and oxygen atoms in total. The lowest BCUT2D eigenvalue weighted by molar-refractivity contribution is -0.120. The first-order valence-corrected chi connectivity index (χ1v) is 5.43. The maximum Gasteiger partial charge on any atom is 0.133 e. The van der Waals surface area contributed by atoms with Gasteiger partial charge in [-0.15, -0.1) is 0 Å². The van der Waals surface area contributed by atoms with Crippen molar-refractivity contribution in [2.45, 2.75) is 31.7 Å². The van der Waals surface area contributed by atoms with Crippen molar-refractivity contribution in [2.24, 2.45) is 0 Å². The fraction of sp³-hybridized carbons (Fsp3) is 0.500. The van der Waals surface area contributed by atoms with Crippen molar-refractivity contribution in [3.05, 3.63) is 24.4 Å². The van der Waals surface area contributed by atoms with Gasteiger partial charge in [0.25, 0.3) is 0 Å². The number of hydrogen-bond acceptors (Lipinski definition) is 3. The van der Waals surface area contributed by atoms with Gasteiger partial charge in [0.1, 0.15) is 11.6 Å². The maximum absolute atomic E-state index is 11.1. The minimum absolute atomic E-state index is 0.403. The summed E-state index contributed by atoms with van der Waals surface area (Å²) in [5.41, 5.74) is 0. The Morgan fingerprint density at radius 2 is 2.07 bits per heavy atom. The number of nitrogens with zero attached hydrogens (tertiary/aromatic N) is 2. The van der Waals surface area contributed by atoms with Crippen LogP contribution in [0.5, 0.6) is 0 Å². The van der Waals surface area contributed by atoms with Gasteiger partial charge in [-0.05, 0) is 25.0 Å². The number of carbonyl (C=O) groups is 1. The van der Waals surface area contributed by atoms with E-state index < -0.39 is 0 Å². The Labute approximate surface area is 90.1 Å². The third-order valence-corrected chi connectivity index (χ3v) is 3.07. The van der Waals surface area contributed by atoms with Crippen molar-refractivity contribution in [2.75, 3.05) is 11.9 Å². The number of rotatable bonds is 2. The third-order valence-electron chi connectivity index (χ3n) is 3.07. The zero-order chi connectivity index (χ0) is 10.7. The Morgan fingerprint density at radius 1 is 1.33 bits per heavy atom. The Hall–Kier alpha value is -1.38. The van der Waals surface area contributed by atoms with E-state index in [1.54, 1.807) is 6.20 Å². The van der Waals surface area contributed by atoms with E-state index in [4.69, 9.17) is 0 Å². The summed E-state index contributed by atoms with van der Waals surface area (Å²) in [6.45, 7) is 0. The van der Waals surface area contributed by atoms with E-state index in [1.807, 2.05) is 18.2 Å². The summed E-state index contributed by atoms with van der Waals surface area (Å²) in [4.78, 5) is 17.6. The predicted octanol–water partition coefficient (Wildman–Crippen LogP) is 2.03. The van der Waals surface area contributed by atoms with Crippen molar-refractivity contribution in [1.29, 1.82) is 0 Å². The monoisotopic (exact) mass is 204 g/mol. The summed E-state index contributed by atoms with van der Waals surface area (Å²) >= 11 is 0. The topological polar surface area (TPSA) is 33.2 Å². The molecule has 0 aliphatic heterocycles. The van der Waals surface area contributed by atoms with Gasteiger partial charge in [-0.3, -0.25) is 4.79 Å². The van der Waals surface area contributed by atoms with Crippen LogP contribution in [0.25, 0.3) is 0 Å². The fourth-order valence-corrected chi connectivity index (χ4v) is 2.06. The van der Waals surface area contributed by atoms with Crippen molar-refractivity contribution in [1.82, 2.24) is 4.98 Å². The molecule has 0 spiro atoms. The van der Waals surface area contributed by atoms with Crippen LogP contribution in [0.2, 0.25) is 0 Å². The average molecular weight is 204 g/mol. The normalized spacial score (nSPS) is 17.8. The molecule has 0 bridgehead atoms. The summed E-state index contributed by atoms with van der Waals surface area (Å²) in [5, 5.41) is 0. The maximum atomic E-state index is 11.1. The van der Waals surface area contributed by atoms with Gasteiger partial charge in [0.05, 0.1) is 0 Å². The molecule has 1 aliphatic carbocycles. The van der Waals surface area contributed by atoms with Gasteiger partial charge in [-0.25, -0.2) is 4.98 Å². The largest absolute Gasteiger partial charge is 0.357 e. The van der Waals surface area contributed by atoms with E-state index in [9.17, 15) is 4.79 Å². The summed E-state index contributed by atoms with van der Waals surface area (Å²) in [7, 11) is 2.06. The summed E-state index contributed by atoms with van der Waals surface area (Å²) in [6, 6.07) is 6.39. The molecule has 80 valence electrons. The Balaban J connectivity index is 2.02. The standard InChI is InChI=1S/C12H16N2O/c1-14(12-4-2-3-9-13-12)10-5-7-11(15)8-6-10/h2-4,9-10H,5-8H2,1H3. The van der Waals surface area contributed by atoms with E-state index in [1.165, 1.54) is 0 Å². The average Bonchev–Trinajstić information content (AvgIpc) is 2.30. The number of hydrogen-bond donors (Lipinski definition) is 0. The van der Waals surface area contributed by atoms with Crippen LogP contribution in [-0.2, 0) is 4.79 Å².